The number of ether oxygens (including phenoxy) is 1. The fraction of sp³-hybridized carbons (Fsp3) is 0.462. The van der Waals surface area contributed by atoms with Gasteiger partial charge in [-0.2, -0.15) is 0 Å². The van der Waals surface area contributed by atoms with Crippen LogP contribution in [0.25, 0.3) is 0 Å². The molecular formula is C13H16FNO2. The summed E-state index contributed by atoms with van der Waals surface area (Å²) in [5.74, 6) is -0.373. The van der Waals surface area contributed by atoms with Crippen LogP contribution >= 0.6 is 0 Å². The van der Waals surface area contributed by atoms with Crippen molar-refractivity contribution < 1.29 is 13.9 Å². The molecule has 0 spiro atoms. The van der Waals surface area contributed by atoms with Crippen molar-refractivity contribution in [3.8, 4) is 0 Å². The van der Waals surface area contributed by atoms with Gasteiger partial charge in [0.1, 0.15) is 5.82 Å². The van der Waals surface area contributed by atoms with Crippen LogP contribution in [0.2, 0.25) is 0 Å². The van der Waals surface area contributed by atoms with Crippen LogP contribution in [0.1, 0.15) is 23.7 Å². The molecule has 1 atom stereocenters. The zero-order chi connectivity index (χ0) is 12.3. The van der Waals surface area contributed by atoms with E-state index in [1.807, 2.05) is 6.92 Å². The first-order chi connectivity index (χ1) is 8.20. The van der Waals surface area contributed by atoms with Crippen molar-refractivity contribution in [1.82, 2.24) is 4.90 Å². The SMILES string of the molecule is CCC1CN(C(=O)c2ccc(F)cc2)CCO1. The maximum Gasteiger partial charge on any atom is 0.254 e. The third-order valence-electron chi connectivity index (χ3n) is 2.97. The number of morpholine rings is 1. The molecule has 0 aromatic heterocycles. The lowest BCUT2D eigenvalue weighted by atomic mass is 10.1. The minimum absolute atomic E-state index is 0.0493. The Kier molecular flexibility index (Phi) is 3.74. The number of hydrogen-bond donors (Lipinski definition) is 0. The monoisotopic (exact) mass is 237 g/mol. The summed E-state index contributed by atoms with van der Waals surface area (Å²) >= 11 is 0. The normalized spacial score (nSPS) is 20.4. The summed E-state index contributed by atoms with van der Waals surface area (Å²) < 4.78 is 18.3. The standard InChI is InChI=1S/C13H16FNO2/c1-2-12-9-15(7-8-17-12)13(16)10-3-5-11(14)6-4-10/h3-6,12H,2,7-9H2,1H3. The summed E-state index contributed by atoms with van der Waals surface area (Å²) in [4.78, 5) is 13.9. The number of halogens is 1. The van der Waals surface area contributed by atoms with Crippen molar-refractivity contribution in [2.45, 2.75) is 19.4 Å². The molecule has 1 aliphatic rings. The lowest BCUT2D eigenvalue weighted by molar-refractivity contribution is -0.0226. The number of benzene rings is 1. The smallest absolute Gasteiger partial charge is 0.254 e. The van der Waals surface area contributed by atoms with E-state index in [0.717, 1.165) is 6.42 Å². The van der Waals surface area contributed by atoms with Crippen LogP contribution in [0.4, 0.5) is 4.39 Å². The molecule has 0 saturated carbocycles. The molecule has 1 aromatic carbocycles. The maximum absolute atomic E-state index is 12.8. The van der Waals surface area contributed by atoms with Crippen LogP contribution in [-0.4, -0.2) is 36.6 Å². The highest BCUT2D eigenvalue weighted by Gasteiger charge is 2.23. The maximum atomic E-state index is 12.8. The first-order valence-electron chi connectivity index (χ1n) is 5.87. The van der Waals surface area contributed by atoms with Gasteiger partial charge in [-0.3, -0.25) is 4.79 Å². The summed E-state index contributed by atoms with van der Waals surface area (Å²) in [5.41, 5.74) is 0.531. The zero-order valence-electron chi connectivity index (χ0n) is 9.86. The average Bonchev–Trinajstić information content (AvgIpc) is 2.39. The van der Waals surface area contributed by atoms with E-state index in [0.29, 0.717) is 25.3 Å². The second-order valence-corrected chi connectivity index (χ2v) is 4.16. The number of carbonyl (C=O) groups excluding carboxylic acids is 1. The molecule has 2 rings (SSSR count). The van der Waals surface area contributed by atoms with E-state index in [-0.39, 0.29) is 17.8 Å². The van der Waals surface area contributed by atoms with Gasteiger partial charge in [0.05, 0.1) is 12.7 Å². The van der Waals surface area contributed by atoms with Crippen molar-refractivity contribution in [1.29, 1.82) is 0 Å². The van der Waals surface area contributed by atoms with Gasteiger partial charge in [0.15, 0.2) is 0 Å². The predicted octanol–water partition coefficient (Wildman–Crippen LogP) is 2.08. The summed E-state index contributed by atoms with van der Waals surface area (Å²) in [6.07, 6.45) is 1.01. The van der Waals surface area contributed by atoms with E-state index >= 15 is 0 Å². The van der Waals surface area contributed by atoms with Crippen LogP contribution in [0.5, 0.6) is 0 Å². The molecule has 92 valence electrons. The quantitative estimate of drug-likeness (QED) is 0.788. The first-order valence-corrected chi connectivity index (χ1v) is 5.87. The molecule has 0 radical (unpaired) electrons. The Bertz CT molecular complexity index is 391. The fourth-order valence-corrected chi connectivity index (χ4v) is 1.93. The third kappa shape index (κ3) is 2.82. The highest BCUT2D eigenvalue weighted by Crippen LogP contribution is 2.12. The lowest BCUT2D eigenvalue weighted by Crippen LogP contribution is -2.45. The second kappa shape index (κ2) is 5.27. The fourth-order valence-electron chi connectivity index (χ4n) is 1.93. The Morgan fingerprint density at radius 2 is 2.18 bits per heavy atom. The van der Waals surface area contributed by atoms with Crippen molar-refractivity contribution in [3.63, 3.8) is 0 Å². The van der Waals surface area contributed by atoms with E-state index in [1.54, 1.807) is 4.90 Å². The van der Waals surface area contributed by atoms with Crippen molar-refractivity contribution in [2.24, 2.45) is 0 Å². The second-order valence-electron chi connectivity index (χ2n) is 4.16. The Morgan fingerprint density at radius 1 is 1.47 bits per heavy atom. The van der Waals surface area contributed by atoms with Gasteiger partial charge >= 0.3 is 0 Å². The number of nitrogens with zero attached hydrogens (tertiary/aromatic N) is 1. The minimum Gasteiger partial charge on any atom is -0.375 e. The number of carbonyl (C=O) groups is 1. The summed E-state index contributed by atoms with van der Waals surface area (Å²) in [6, 6.07) is 5.66. The van der Waals surface area contributed by atoms with Crippen molar-refractivity contribution in [3.05, 3.63) is 35.6 Å². The number of amides is 1. The molecule has 3 nitrogen and oxygen atoms in total. The van der Waals surface area contributed by atoms with Crippen molar-refractivity contribution >= 4 is 5.91 Å². The molecule has 1 amide bonds. The van der Waals surface area contributed by atoms with Crippen LogP contribution < -0.4 is 0 Å². The predicted molar refractivity (Wildman–Crippen MR) is 62.3 cm³/mol. The topological polar surface area (TPSA) is 29.5 Å². The number of rotatable bonds is 2. The highest BCUT2D eigenvalue weighted by molar-refractivity contribution is 5.94. The van der Waals surface area contributed by atoms with Gasteiger partial charge in [-0.25, -0.2) is 4.39 Å². The van der Waals surface area contributed by atoms with Crippen LogP contribution in [-0.2, 0) is 4.74 Å². The molecule has 1 fully saturated rings. The lowest BCUT2D eigenvalue weighted by Gasteiger charge is -2.32. The molecule has 1 heterocycles. The van der Waals surface area contributed by atoms with Gasteiger partial charge in [0.2, 0.25) is 0 Å². The van der Waals surface area contributed by atoms with Gasteiger partial charge in [-0.05, 0) is 30.7 Å². The van der Waals surface area contributed by atoms with Gasteiger partial charge < -0.3 is 9.64 Å². The number of hydrogen-bond acceptors (Lipinski definition) is 2. The Labute approximate surface area is 100 Å². The van der Waals surface area contributed by atoms with Crippen molar-refractivity contribution in [2.75, 3.05) is 19.7 Å². The van der Waals surface area contributed by atoms with E-state index in [9.17, 15) is 9.18 Å². The zero-order valence-corrected chi connectivity index (χ0v) is 9.86. The molecular weight excluding hydrogens is 221 g/mol. The molecule has 0 aliphatic carbocycles. The minimum atomic E-state index is -0.324. The summed E-state index contributed by atoms with van der Waals surface area (Å²) in [5, 5.41) is 0. The van der Waals surface area contributed by atoms with E-state index < -0.39 is 0 Å². The van der Waals surface area contributed by atoms with Gasteiger partial charge in [0, 0.05) is 18.7 Å². The van der Waals surface area contributed by atoms with Crippen LogP contribution in [0.3, 0.4) is 0 Å². The largest absolute Gasteiger partial charge is 0.375 e. The van der Waals surface area contributed by atoms with E-state index in [1.165, 1.54) is 24.3 Å². The molecule has 1 aliphatic heterocycles. The van der Waals surface area contributed by atoms with E-state index in [4.69, 9.17) is 4.74 Å². The highest BCUT2D eigenvalue weighted by atomic mass is 19.1. The Hall–Kier alpha value is -1.42. The van der Waals surface area contributed by atoms with Crippen LogP contribution in [0, 0.1) is 5.82 Å². The van der Waals surface area contributed by atoms with Gasteiger partial charge in [-0.1, -0.05) is 6.92 Å². The molecule has 4 heteroatoms. The first kappa shape index (κ1) is 12.0. The molecule has 1 unspecified atom stereocenters. The summed E-state index contributed by atoms with van der Waals surface area (Å²) in [6.45, 7) is 3.83. The summed E-state index contributed by atoms with van der Waals surface area (Å²) in [7, 11) is 0. The van der Waals surface area contributed by atoms with Gasteiger partial charge in [0.25, 0.3) is 5.91 Å². The molecule has 1 saturated heterocycles. The Morgan fingerprint density at radius 3 is 2.82 bits per heavy atom. The van der Waals surface area contributed by atoms with Gasteiger partial charge in [-0.15, -0.1) is 0 Å². The molecule has 1 aromatic rings. The third-order valence-corrected chi connectivity index (χ3v) is 2.97. The molecule has 0 N–H and O–H groups in total. The Balaban J connectivity index is 2.06. The molecule has 17 heavy (non-hydrogen) atoms. The molecule has 0 bridgehead atoms. The van der Waals surface area contributed by atoms with Crippen LogP contribution in [0.15, 0.2) is 24.3 Å². The average molecular weight is 237 g/mol. The van der Waals surface area contributed by atoms with E-state index in [2.05, 4.69) is 0 Å².